The van der Waals surface area contributed by atoms with Gasteiger partial charge in [0.05, 0.1) is 41.6 Å². The summed E-state index contributed by atoms with van der Waals surface area (Å²) in [6.07, 6.45) is 6.47. The molecule has 0 bridgehead atoms. The van der Waals surface area contributed by atoms with Gasteiger partial charge in [-0.05, 0) is 51.1 Å². The minimum atomic E-state index is -0.591. The van der Waals surface area contributed by atoms with Crippen molar-refractivity contribution in [3.05, 3.63) is 67.6 Å². The van der Waals surface area contributed by atoms with Gasteiger partial charge in [-0.2, -0.15) is 0 Å². The number of carbonyl (C=O) groups is 2. The van der Waals surface area contributed by atoms with Gasteiger partial charge in [-0.25, -0.2) is 14.8 Å². The molecule has 4 rings (SSSR count). The maximum atomic E-state index is 12.4. The predicted octanol–water partition coefficient (Wildman–Crippen LogP) is 4.40. The van der Waals surface area contributed by atoms with Crippen LogP contribution in [0.5, 0.6) is 5.75 Å². The van der Waals surface area contributed by atoms with Crippen LogP contribution < -0.4 is 25.0 Å². The Labute approximate surface area is 251 Å². The number of fused-ring (bicyclic) bond motifs is 1. The highest BCUT2D eigenvalue weighted by molar-refractivity contribution is 6.02. The van der Waals surface area contributed by atoms with Crippen LogP contribution in [0.25, 0.3) is 16.8 Å². The molecule has 2 N–H and O–H groups in total. The van der Waals surface area contributed by atoms with Crippen LogP contribution in [-0.4, -0.2) is 71.3 Å². The summed E-state index contributed by atoms with van der Waals surface area (Å²) in [5.74, 6) is 0.492. The molecule has 12 heteroatoms. The number of carbonyl (C=O) groups excluding carboxylic acids is 2. The summed E-state index contributed by atoms with van der Waals surface area (Å²) in [5, 5.41) is 6.12. The van der Waals surface area contributed by atoms with Crippen LogP contribution >= 0.6 is 0 Å². The first-order valence-corrected chi connectivity index (χ1v) is 13.8. The molecule has 4 aromatic rings. The quantitative estimate of drug-likeness (QED) is 0.207. The second-order valence-corrected chi connectivity index (χ2v) is 11.0. The van der Waals surface area contributed by atoms with Crippen LogP contribution in [0.1, 0.15) is 20.8 Å². The molecular formula is C31H39N8O4+. The summed E-state index contributed by atoms with van der Waals surface area (Å²) in [5.41, 5.74) is 3.85. The molecule has 0 unspecified atom stereocenters. The van der Waals surface area contributed by atoms with E-state index in [0.29, 0.717) is 41.8 Å². The van der Waals surface area contributed by atoms with Crippen molar-refractivity contribution in [2.45, 2.75) is 26.4 Å². The molecule has 0 spiro atoms. The van der Waals surface area contributed by atoms with E-state index in [2.05, 4.69) is 22.2 Å². The predicted molar refractivity (Wildman–Crippen MR) is 167 cm³/mol. The van der Waals surface area contributed by atoms with E-state index in [1.807, 2.05) is 85.6 Å². The van der Waals surface area contributed by atoms with Crippen LogP contribution in [0.3, 0.4) is 0 Å². The van der Waals surface area contributed by atoms with Gasteiger partial charge < -0.3 is 29.9 Å². The van der Waals surface area contributed by atoms with Crippen molar-refractivity contribution in [1.29, 1.82) is 0 Å². The third-order valence-corrected chi connectivity index (χ3v) is 6.60. The number of nitrogens with zero attached hydrogens (tertiary/aromatic N) is 6. The topological polar surface area (TPSA) is 117 Å². The summed E-state index contributed by atoms with van der Waals surface area (Å²) in [4.78, 5) is 37.4. The van der Waals surface area contributed by atoms with Crippen molar-refractivity contribution >= 4 is 40.5 Å². The number of ether oxygens (including phenoxy) is 2. The molecule has 2 amide bonds. The molecule has 226 valence electrons. The molecule has 3 aromatic heterocycles. The van der Waals surface area contributed by atoms with Gasteiger partial charge in [0.2, 0.25) is 18.1 Å². The lowest BCUT2D eigenvalue weighted by Crippen LogP contribution is -2.38. The first-order valence-electron chi connectivity index (χ1n) is 13.8. The first-order chi connectivity index (χ1) is 20.4. The highest BCUT2D eigenvalue weighted by Gasteiger charge is 2.22. The maximum absolute atomic E-state index is 12.4. The van der Waals surface area contributed by atoms with Crippen molar-refractivity contribution in [2.75, 3.05) is 49.8 Å². The summed E-state index contributed by atoms with van der Waals surface area (Å²) in [7, 11) is 7.08. The number of anilines is 4. The lowest BCUT2D eigenvalue weighted by Gasteiger charge is -2.28. The van der Waals surface area contributed by atoms with Gasteiger partial charge >= 0.3 is 6.09 Å². The van der Waals surface area contributed by atoms with Gasteiger partial charge in [-0.3, -0.25) is 4.79 Å². The summed E-state index contributed by atoms with van der Waals surface area (Å²) in [6, 6.07) is 11.4. The molecule has 0 aliphatic heterocycles. The highest BCUT2D eigenvalue weighted by Crippen LogP contribution is 2.38. The zero-order valence-electron chi connectivity index (χ0n) is 25.7. The average Bonchev–Trinajstić information content (AvgIpc) is 3.31. The minimum Gasteiger partial charge on any atom is -0.494 e. The third-order valence-electron chi connectivity index (χ3n) is 6.60. The first kappa shape index (κ1) is 30.8. The van der Waals surface area contributed by atoms with Crippen LogP contribution in [0.15, 0.2) is 67.6 Å². The number of nitrogens with one attached hydrogen (secondary N) is 2. The molecule has 12 nitrogen and oxygen atoms in total. The van der Waals surface area contributed by atoms with E-state index in [4.69, 9.17) is 14.5 Å². The second kappa shape index (κ2) is 12.8. The monoisotopic (exact) mass is 587 g/mol. The molecule has 0 aliphatic rings. The zero-order chi connectivity index (χ0) is 31.3. The fourth-order valence-electron chi connectivity index (χ4n) is 4.41. The van der Waals surface area contributed by atoms with Gasteiger partial charge in [-0.15, -0.1) is 9.20 Å². The number of likely N-dealkylation sites (N-methyl/N-ethyl adjacent to an activating group) is 2. The van der Waals surface area contributed by atoms with Gasteiger partial charge in [-0.1, -0.05) is 12.6 Å². The molecule has 0 radical (unpaired) electrons. The molecular weight excluding hydrogens is 548 g/mol. The van der Waals surface area contributed by atoms with Crippen LogP contribution in [0.2, 0.25) is 0 Å². The lowest BCUT2D eigenvalue weighted by molar-refractivity contribution is -0.737. The normalized spacial score (nSPS) is 11.1. The van der Waals surface area contributed by atoms with Crippen molar-refractivity contribution in [1.82, 2.24) is 19.4 Å². The largest absolute Gasteiger partial charge is 0.494 e. The Bertz CT molecular complexity index is 1640. The zero-order valence-corrected chi connectivity index (χ0v) is 25.7. The Balaban J connectivity index is 1.62. The Morgan fingerprint density at radius 3 is 2.60 bits per heavy atom. The van der Waals surface area contributed by atoms with E-state index < -0.39 is 11.7 Å². The summed E-state index contributed by atoms with van der Waals surface area (Å²) >= 11 is 0. The molecule has 0 fully saturated rings. The number of aryl methyl sites for hydroxylation is 1. The van der Waals surface area contributed by atoms with Crippen LogP contribution in [0.4, 0.5) is 27.8 Å². The Morgan fingerprint density at radius 2 is 1.91 bits per heavy atom. The van der Waals surface area contributed by atoms with Gasteiger partial charge in [0.25, 0.3) is 0 Å². The van der Waals surface area contributed by atoms with E-state index in [1.54, 1.807) is 32.5 Å². The molecule has 0 aliphatic carbocycles. The van der Waals surface area contributed by atoms with E-state index in [1.165, 1.54) is 11.0 Å². The maximum Gasteiger partial charge on any atom is 0.410 e. The Morgan fingerprint density at radius 1 is 1.14 bits per heavy atom. The summed E-state index contributed by atoms with van der Waals surface area (Å²) in [6.45, 7) is 9.89. The Hall–Kier alpha value is -5.13. The van der Waals surface area contributed by atoms with Gasteiger partial charge in [0.1, 0.15) is 16.9 Å². The molecule has 1 aromatic carbocycles. The second-order valence-electron chi connectivity index (χ2n) is 11.0. The SMILES string of the molecule is C=CC(=O)Nc1cc(Nc2nccc(-c3c[n+](C)n4ccccc34)n2)c(OC)cc1N(C)CCN(C)C(=O)OC(C)(C)C. The number of hydrogen-bond donors (Lipinski definition) is 2. The fraction of sp³-hybridized carbons (Fsp3) is 0.323. The van der Waals surface area contributed by atoms with Gasteiger partial charge in [0, 0.05) is 39.4 Å². The van der Waals surface area contributed by atoms with E-state index in [9.17, 15) is 9.59 Å². The number of methoxy groups -OCH3 is 1. The molecule has 3 heterocycles. The van der Waals surface area contributed by atoms with Crippen molar-refractivity contribution in [2.24, 2.45) is 7.05 Å². The number of rotatable bonds is 10. The fourth-order valence-corrected chi connectivity index (χ4v) is 4.41. The number of benzene rings is 1. The van der Waals surface area contributed by atoms with Crippen molar-refractivity contribution in [3.8, 4) is 17.0 Å². The molecule has 0 saturated carbocycles. The van der Waals surface area contributed by atoms with Crippen LogP contribution in [0, 0.1) is 0 Å². The average molecular weight is 588 g/mol. The summed E-state index contributed by atoms with van der Waals surface area (Å²) < 4.78 is 15.2. The highest BCUT2D eigenvalue weighted by atomic mass is 16.6. The lowest BCUT2D eigenvalue weighted by atomic mass is 10.2. The molecule has 43 heavy (non-hydrogen) atoms. The smallest absolute Gasteiger partial charge is 0.410 e. The number of hydrogen-bond acceptors (Lipinski definition) is 8. The third kappa shape index (κ3) is 7.39. The van der Waals surface area contributed by atoms with Crippen molar-refractivity contribution < 1.29 is 23.7 Å². The molecule has 0 atom stereocenters. The number of pyridine rings is 1. The number of aromatic nitrogens is 4. The van der Waals surface area contributed by atoms with Crippen LogP contribution in [-0.2, 0) is 16.6 Å². The Kier molecular flexibility index (Phi) is 9.18. The number of amides is 2. The van der Waals surface area contributed by atoms with E-state index in [-0.39, 0.29) is 5.91 Å². The molecule has 0 saturated heterocycles. The van der Waals surface area contributed by atoms with E-state index in [0.717, 1.165) is 16.8 Å². The standard InChI is InChI=1S/C31H38N8O4/c1-9-28(40)33-23-18-24(27(42-8)19-26(23)36(5)16-17-37(6)30(41)43-31(2,3)4)35-29-32-14-13-22(34-29)21-20-38(7)39-15-11-10-12-25(21)39/h9-15,18-20H,1,16-17H2,2-8H3,(H-,32,33,34,35,40)/p+1. The van der Waals surface area contributed by atoms with Gasteiger partial charge in [0.15, 0.2) is 7.05 Å². The minimum absolute atomic E-state index is 0.356. The van der Waals surface area contributed by atoms with Crippen molar-refractivity contribution in [3.63, 3.8) is 0 Å². The van der Waals surface area contributed by atoms with E-state index >= 15 is 0 Å².